The van der Waals surface area contributed by atoms with Gasteiger partial charge in [-0.25, -0.2) is 0 Å². The van der Waals surface area contributed by atoms with Gasteiger partial charge in [0.2, 0.25) is 5.91 Å². The minimum atomic E-state index is -0.505. The molecule has 1 amide bonds. The molecule has 2 rings (SSSR count). The van der Waals surface area contributed by atoms with Crippen molar-refractivity contribution in [2.24, 2.45) is 0 Å². The summed E-state index contributed by atoms with van der Waals surface area (Å²) in [5.41, 5.74) is 0.357. The van der Waals surface area contributed by atoms with Crippen LogP contribution in [-0.2, 0) is 4.79 Å². The van der Waals surface area contributed by atoms with Crippen LogP contribution in [-0.4, -0.2) is 55.6 Å². The fourth-order valence-corrected chi connectivity index (χ4v) is 2.16. The molecule has 0 bridgehead atoms. The summed E-state index contributed by atoms with van der Waals surface area (Å²) < 4.78 is 5.08. The fourth-order valence-electron chi connectivity index (χ4n) is 2.16. The van der Waals surface area contributed by atoms with Gasteiger partial charge in [0, 0.05) is 32.2 Å². The van der Waals surface area contributed by atoms with Gasteiger partial charge in [-0.15, -0.1) is 0 Å². The quantitative estimate of drug-likeness (QED) is 0.604. The molecule has 0 unspecified atom stereocenters. The third kappa shape index (κ3) is 4.14. The zero-order valence-corrected chi connectivity index (χ0v) is 11.8. The number of nitrogens with zero attached hydrogens (tertiary/aromatic N) is 2. The number of anilines is 1. The Morgan fingerprint density at radius 3 is 2.81 bits per heavy atom. The predicted octanol–water partition coefficient (Wildman–Crippen LogP) is 0.447. The Balaban J connectivity index is 2.00. The maximum atomic E-state index is 12.0. The average molecular weight is 294 g/mol. The van der Waals surface area contributed by atoms with E-state index in [9.17, 15) is 14.9 Å². The van der Waals surface area contributed by atoms with Crippen LogP contribution in [0.25, 0.3) is 0 Å². The number of hydrogen-bond donors (Lipinski definition) is 2. The first-order chi connectivity index (χ1) is 10.1. The highest BCUT2D eigenvalue weighted by atomic mass is 16.6. The number of benzene rings is 1. The monoisotopic (exact) mass is 294 g/mol. The molecule has 8 heteroatoms. The van der Waals surface area contributed by atoms with E-state index in [2.05, 4.69) is 10.6 Å². The second-order valence-corrected chi connectivity index (χ2v) is 4.72. The molecule has 8 nitrogen and oxygen atoms in total. The summed E-state index contributed by atoms with van der Waals surface area (Å²) in [6.45, 7) is 3.68. The van der Waals surface area contributed by atoms with Crippen molar-refractivity contribution >= 4 is 17.3 Å². The van der Waals surface area contributed by atoms with Crippen molar-refractivity contribution in [1.29, 1.82) is 0 Å². The molecule has 1 fully saturated rings. The van der Waals surface area contributed by atoms with E-state index < -0.39 is 4.92 Å². The second kappa shape index (κ2) is 7.00. The van der Waals surface area contributed by atoms with Crippen molar-refractivity contribution in [2.75, 3.05) is 45.2 Å². The van der Waals surface area contributed by atoms with Gasteiger partial charge in [-0.3, -0.25) is 19.8 Å². The molecule has 0 atom stereocenters. The number of carbonyl (C=O) groups is 1. The van der Waals surface area contributed by atoms with Gasteiger partial charge in [0.05, 0.1) is 30.3 Å². The van der Waals surface area contributed by atoms with Gasteiger partial charge in [0.25, 0.3) is 5.69 Å². The van der Waals surface area contributed by atoms with E-state index >= 15 is 0 Å². The second-order valence-electron chi connectivity index (χ2n) is 4.72. The van der Waals surface area contributed by atoms with E-state index in [4.69, 9.17) is 4.74 Å². The molecular weight excluding hydrogens is 276 g/mol. The Hall–Kier alpha value is -2.19. The van der Waals surface area contributed by atoms with E-state index in [1.54, 1.807) is 0 Å². The third-order valence-electron chi connectivity index (χ3n) is 3.25. The predicted molar refractivity (Wildman–Crippen MR) is 77.6 cm³/mol. The van der Waals surface area contributed by atoms with Gasteiger partial charge in [0.15, 0.2) is 0 Å². The van der Waals surface area contributed by atoms with Crippen LogP contribution in [0.2, 0.25) is 0 Å². The summed E-state index contributed by atoms with van der Waals surface area (Å²) in [5.74, 6) is 0.113. The van der Waals surface area contributed by atoms with Gasteiger partial charge in [-0.1, -0.05) is 0 Å². The zero-order chi connectivity index (χ0) is 15.2. The van der Waals surface area contributed by atoms with E-state index in [0.29, 0.717) is 12.2 Å². The topological polar surface area (TPSA) is 96.7 Å². The number of nitro groups is 1. The largest absolute Gasteiger partial charge is 0.494 e. The number of non-ortho nitro benzene ring substituents is 1. The standard InChI is InChI=1S/C13H18N4O4/c1-21-12-8-10(17(19)20)2-3-11(12)15-13(18)9-16-6-4-14-5-7-16/h2-3,8,14H,4-7,9H2,1H3,(H,15,18). The van der Waals surface area contributed by atoms with Gasteiger partial charge >= 0.3 is 0 Å². The molecule has 1 saturated heterocycles. The molecule has 0 saturated carbocycles. The number of methoxy groups -OCH3 is 1. The van der Waals surface area contributed by atoms with Crippen molar-refractivity contribution in [3.63, 3.8) is 0 Å². The maximum absolute atomic E-state index is 12.0. The number of rotatable bonds is 5. The first-order valence-corrected chi connectivity index (χ1v) is 6.65. The minimum Gasteiger partial charge on any atom is -0.494 e. The Bertz CT molecular complexity index is 529. The highest BCUT2D eigenvalue weighted by Gasteiger charge is 2.16. The third-order valence-corrected chi connectivity index (χ3v) is 3.25. The Kier molecular flexibility index (Phi) is 5.07. The molecule has 0 aromatic heterocycles. The number of carbonyl (C=O) groups excluding carboxylic acids is 1. The van der Waals surface area contributed by atoms with Crippen LogP contribution < -0.4 is 15.4 Å². The molecule has 1 aromatic rings. The number of nitro benzene ring substituents is 1. The SMILES string of the molecule is COc1cc([N+](=O)[O-])ccc1NC(=O)CN1CCNCC1. The summed E-state index contributed by atoms with van der Waals surface area (Å²) in [4.78, 5) is 24.3. The molecule has 0 aliphatic carbocycles. The highest BCUT2D eigenvalue weighted by molar-refractivity contribution is 5.93. The van der Waals surface area contributed by atoms with E-state index in [1.807, 2.05) is 4.90 Å². The first kappa shape index (κ1) is 15.2. The summed E-state index contributed by atoms with van der Waals surface area (Å²) in [7, 11) is 1.41. The van der Waals surface area contributed by atoms with Crippen LogP contribution in [0.15, 0.2) is 18.2 Å². The number of hydrogen-bond acceptors (Lipinski definition) is 6. The first-order valence-electron chi connectivity index (χ1n) is 6.65. The summed E-state index contributed by atoms with van der Waals surface area (Å²) in [6, 6.07) is 4.11. The van der Waals surface area contributed by atoms with Crippen molar-refractivity contribution in [3.05, 3.63) is 28.3 Å². The molecule has 114 valence electrons. The molecule has 1 aliphatic heterocycles. The van der Waals surface area contributed by atoms with Crippen molar-refractivity contribution in [1.82, 2.24) is 10.2 Å². The van der Waals surface area contributed by atoms with E-state index in [-0.39, 0.29) is 17.3 Å². The van der Waals surface area contributed by atoms with Crippen molar-refractivity contribution in [3.8, 4) is 5.75 Å². The lowest BCUT2D eigenvalue weighted by molar-refractivity contribution is -0.384. The molecule has 21 heavy (non-hydrogen) atoms. The molecule has 0 spiro atoms. The molecule has 1 heterocycles. The van der Waals surface area contributed by atoms with E-state index in [1.165, 1.54) is 25.3 Å². The molecule has 0 radical (unpaired) electrons. The fraction of sp³-hybridized carbons (Fsp3) is 0.462. The van der Waals surface area contributed by atoms with Crippen LogP contribution in [0.5, 0.6) is 5.75 Å². The number of piperazine rings is 1. The zero-order valence-electron chi connectivity index (χ0n) is 11.8. The Morgan fingerprint density at radius 2 is 2.19 bits per heavy atom. The van der Waals surface area contributed by atoms with Gasteiger partial charge in [-0.2, -0.15) is 0 Å². The normalized spacial score (nSPS) is 15.5. The molecule has 2 N–H and O–H groups in total. The lowest BCUT2D eigenvalue weighted by Gasteiger charge is -2.26. The number of amides is 1. The molecule has 1 aromatic carbocycles. The van der Waals surface area contributed by atoms with Gasteiger partial charge in [-0.05, 0) is 6.07 Å². The number of nitrogens with one attached hydrogen (secondary N) is 2. The van der Waals surface area contributed by atoms with Crippen LogP contribution in [0.4, 0.5) is 11.4 Å². The molecule has 1 aliphatic rings. The summed E-state index contributed by atoms with van der Waals surface area (Å²) in [5, 5.41) is 16.7. The van der Waals surface area contributed by atoms with Crippen molar-refractivity contribution < 1.29 is 14.5 Å². The van der Waals surface area contributed by atoms with Gasteiger partial charge < -0.3 is 15.4 Å². The summed E-state index contributed by atoms with van der Waals surface area (Å²) in [6.07, 6.45) is 0. The van der Waals surface area contributed by atoms with Crippen molar-refractivity contribution in [2.45, 2.75) is 0 Å². The average Bonchev–Trinajstić information content (AvgIpc) is 2.48. The minimum absolute atomic E-state index is 0.0769. The van der Waals surface area contributed by atoms with E-state index in [0.717, 1.165) is 26.2 Å². The number of ether oxygens (including phenoxy) is 1. The Morgan fingerprint density at radius 1 is 1.48 bits per heavy atom. The van der Waals surface area contributed by atoms with Crippen LogP contribution >= 0.6 is 0 Å². The van der Waals surface area contributed by atoms with Crippen LogP contribution in [0, 0.1) is 10.1 Å². The summed E-state index contributed by atoms with van der Waals surface area (Å²) >= 11 is 0. The maximum Gasteiger partial charge on any atom is 0.273 e. The molecular formula is C13H18N4O4. The lowest BCUT2D eigenvalue weighted by atomic mass is 10.2. The smallest absolute Gasteiger partial charge is 0.273 e. The van der Waals surface area contributed by atoms with Gasteiger partial charge in [0.1, 0.15) is 5.75 Å². The lowest BCUT2D eigenvalue weighted by Crippen LogP contribution is -2.46. The highest BCUT2D eigenvalue weighted by Crippen LogP contribution is 2.28. The van der Waals surface area contributed by atoms with Crippen LogP contribution in [0.3, 0.4) is 0 Å². The van der Waals surface area contributed by atoms with Crippen LogP contribution in [0.1, 0.15) is 0 Å². The Labute approximate surface area is 122 Å².